The van der Waals surface area contributed by atoms with Crippen molar-refractivity contribution in [1.29, 1.82) is 0 Å². The number of para-hydroxylation sites is 2. The minimum absolute atomic E-state index is 0.905. The highest BCUT2D eigenvalue weighted by atomic mass is 15.1. The molecule has 3 nitrogen and oxygen atoms in total. The van der Waals surface area contributed by atoms with E-state index in [2.05, 4.69) is 173 Å². The summed E-state index contributed by atoms with van der Waals surface area (Å²) in [6, 6.07) is 58.8. The van der Waals surface area contributed by atoms with E-state index in [0.717, 1.165) is 33.7 Å². The van der Waals surface area contributed by atoms with Gasteiger partial charge < -0.3 is 4.40 Å². The fourth-order valence-electron chi connectivity index (χ4n) is 7.48. The van der Waals surface area contributed by atoms with Crippen molar-refractivity contribution in [3.8, 4) is 28.2 Å². The molecule has 0 N–H and O–H groups in total. The summed E-state index contributed by atoms with van der Waals surface area (Å²) in [6.45, 7) is 0. The van der Waals surface area contributed by atoms with E-state index in [1.54, 1.807) is 0 Å². The number of fused-ring (bicyclic) bond motifs is 12. The molecule has 4 aromatic heterocycles. The Morgan fingerprint density at radius 2 is 0.978 bits per heavy atom. The van der Waals surface area contributed by atoms with Crippen LogP contribution in [0.1, 0.15) is 0 Å². The molecule has 0 aliphatic heterocycles. The van der Waals surface area contributed by atoms with Crippen molar-refractivity contribution < 1.29 is 0 Å². The van der Waals surface area contributed by atoms with Crippen molar-refractivity contribution in [3.05, 3.63) is 164 Å². The van der Waals surface area contributed by atoms with Crippen molar-refractivity contribution in [1.82, 2.24) is 14.0 Å². The Kier molecular flexibility index (Phi) is 5.28. The van der Waals surface area contributed by atoms with Crippen LogP contribution in [0.3, 0.4) is 0 Å². The van der Waals surface area contributed by atoms with Crippen LogP contribution in [0.2, 0.25) is 0 Å². The van der Waals surface area contributed by atoms with Crippen LogP contribution in [-0.4, -0.2) is 14.0 Å². The highest BCUT2D eigenvalue weighted by molar-refractivity contribution is 6.30. The van der Waals surface area contributed by atoms with Crippen LogP contribution < -0.4 is 0 Å². The molecule has 0 saturated heterocycles. The number of rotatable bonds is 3. The van der Waals surface area contributed by atoms with Crippen LogP contribution in [0.25, 0.3) is 88.1 Å². The van der Waals surface area contributed by atoms with E-state index in [4.69, 9.17) is 4.98 Å². The van der Waals surface area contributed by atoms with Gasteiger partial charge in [0.25, 0.3) is 0 Å². The summed E-state index contributed by atoms with van der Waals surface area (Å²) in [5.74, 6) is 0.905. The van der Waals surface area contributed by atoms with Gasteiger partial charge in [0.1, 0.15) is 5.82 Å². The van der Waals surface area contributed by atoms with Gasteiger partial charge in [0.05, 0.1) is 33.3 Å². The fourth-order valence-corrected chi connectivity index (χ4v) is 7.48. The third-order valence-corrected chi connectivity index (χ3v) is 9.46. The zero-order chi connectivity index (χ0) is 30.2. The Balaban J connectivity index is 1.38. The van der Waals surface area contributed by atoms with Gasteiger partial charge in [0.2, 0.25) is 0 Å². The molecule has 46 heavy (non-hydrogen) atoms. The summed E-state index contributed by atoms with van der Waals surface area (Å²) in [5, 5.41) is 7.50. The Bertz CT molecular complexity index is 2730. The summed E-state index contributed by atoms with van der Waals surface area (Å²) in [4.78, 5) is 5.35. The van der Waals surface area contributed by atoms with E-state index in [9.17, 15) is 0 Å². The first-order chi connectivity index (χ1) is 22.8. The summed E-state index contributed by atoms with van der Waals surface area (Å²) in [5.41, 5.74) is 10.3. The molecule has 0 radical (unpaired) electrons. The molecule has 0 unspecified atom stereocenters. The van der Waals surface area contributed by atoms with Crippen molar-refractivity contribution in [2.75, 3.05) is 0 Å². The van der Waals surface area contributed by atoms with Crippen LogP contribution in [0.4, 0.5) is 0 Å². The van der Waals surface area contributed by atoms with Crippen LogP contribution in [0, 0.1) is 0 Å². The second-order valence-corrected chi connectivity index (χ2v) is 12.0. The first kappa shape index (κ1) is 25.2. The number of nitrogens with zero attached hydrogens (tertiary/aromatic N) is 3. The predicted octanol–water partition coefficient (Wildman–Crippen LogP) is 11.2. The third-order valence-electron chi connectivity index (χ3n) is 9.46. The van der Waals surface area contributed by atoms with Gasteiger partial charge in [-0.2, -0.15) is 0 Å². The SMILES string of the molecule is c1ccc(-c2cc(-c3ccccc3)nc(-n3c4ccccc4c4c5c6ccccc6c6cc7ccccc7n6c5ccc43)c2)cc1. The number of hydrogen-bond donors (Lipinski definition) is 0. The second-order valence-electron chi connectivity index (χ2n) is 12.0. The normalized spacial score (nSPS) is 11.9. The second kappa shape index (κ2) is 9.65. The van der Waals surface area contributed by atoms with E-state index >= 15 is 0 Å². The van der Waals surface area contributed by atoms with E-state index in [1.807, 2.05) is 0 Å². The van der Waals surface area contributed by atoms with Crippen LogP contribution in [-0.2, 0) is 0 Å². The Hall–Kier alpha value is -6.19. The maximum absolute atomic E-state index is 5.35. The summed E-state index contributed by atoms with van der Waals surface area (Å²) >= 11 is 0. The highest BCUT2D eigenvalue weighted by Gasteiger charge is 2.21. The zero-order valence-corrected chi connectivity index (χ0v) is 24.9. The maximum atomic E-state index is 5.35. The minimum atomic E-state index is 0.905. The summed E-state index contributed by atoms with van der Waals surface area (Å²) in [6.07, 6.45) is 0. The Labute approximate surface area is 265 Å². The fraction of sp³-hybridized carbons (Fsp3) is 0. The van der Waals surface area contributed by atoms with Gasteiger partial charge in [-0.1, -0.05) is 121 Å². The molecule has 0 amide bonds. The molecule has 214 valence electrons. The van der Waals surface area contributed by atoms with Crippen LogP contribution >= 0.6 is 0 Å². The largest absolute Gasteiger partial charge is 0.309 e. The standard InChI is InChI=1S/C43H27N3/c1-3-13-28(14-4-1)31-25-35(29-15-5-2-6-16-29)44-41(27-31)46-37-22-12-10-20-34(37)43-39(46)24-23-38-42(43)33-19-9-8-18-32(33)40-26-30-17-7-11-21-36(30)45(38)40/h1-27H. The first-order valence-corrected chi connectivity index (χ1v) is 15.7. The molecule has 0 fully saturated rings. The Morgan fingerprint density at radius 1 is 0.370 bits per heavy atom. The molecule has 6 aromatic carbocycles. The summed E-state index contributed by atoms with van der Waals surface area (Å²) < 4.78 is 4.80. The summed E-state index contributed by atoms with van der Waals surface area (Å²) in [7, 11) is 0. The quantitative estimate of drug-likeness (QED) is 0.189. The van der Waals surface area contributed by atoms with E-state index < -0.39 is 0 Å². The van der Waals surface area contributed by atoms with Crippen molar-refractivity contribution in [2.24, 2.45) is 0 Å². The van der Waals surface area contributed by atoms with E-state index in [1.165, 1.54) is 54.4 Å². The molecule has 0 bridgehead atoms. The van der Waals surface area contributed by atoms with Gasteiger partial charge in [-0.05, 0) is 59.0 Å². The Morgan fingerprint density at radius 3 is 1.78 bits per heavy atom. The number of aromatic nitrogens is 3. The molecule has 0 aliphatic carbocycles. The smallest absolute Gasteiger partial charge is 0.138 e. The zero-order valence-electron chi connectivity index (χ0n) is 24.9. The van der Waals surface area contributed by atoms with Crippen molar-refractivity contribution in [3.63, 3.8) is 0 Å². The predicted molar refractivity (Wildman–Crippen MR) is 193 cm³/mol. The van der Waals surface area contributed by atoms with Gasteiger partial charge in [-0.3, -0.25) is 4.57 Å². The average Bonchev–Trinajstić information content (AvgIpc) is 3.69. The van der Waals surface area contributed by atoms with E-state index in [-0.39, 0.29) is 0 Å². The topological polar surface area (TPSA) is 22.2 Å². The van der Waals surface area contributed by atoms with Gasteiger partial charge >= 0.3 is 0 Å². The molecule has 4 heterocycles. The average molecular weight is 586 g/mol. The molecule has 0 saturated carbocycles. The monoisotopic (exact) mass is 585 g/mol. The molecule has 10 rings (SSSR count). The third kappa shape index (κ3) is 3.57. The lowest BCUT2D eigenvalue weighted by Crippen LogP contribution is -2.00. The molecule has 3 heteroatoms. The van der Waals surface area contributed by atoms with Crippen LogP contribution in [0.15, 0.2) is 164 Å². The number of benzene rings is 6. The van der Waals surface area contributed by atoms with Gasteiger partial charge in [-0.15, -0.1) is 0 Å². The van der Waals surface area contributed by atoms with Gasteiger partial charge in [0, 0.05) is 32.5 Å². The van der Waals surface area contributed by atoms with Gasteiger partial charge in [-0.25, -0.2) is 4.98 Å². The van der Waals surface area contributed by atoms with Crippen LogP contribution in [0.5, 0.6) is 0 Å². The van der Waals surface area contributed by atoms with Crippen molar-refractivity contribution in [2.45, 2.75) is 0 Å². The number of pyridine rings is 2. The van der Waals surface area contributed by atoms with E-state index in [0.29, 0.717) is 0 Å². The molecule has 10 aromatic rings. The maximum Gasteiger partial charge on any atom is 0.138 e. The minimum Gasteiger partial charge on any atom is -0.309 e. The molecule has 0 spiro atoms. The number of hydrogen-bond acceptors (Lipinski definition) is 1. The molecular formula is C43H27N3. The molecule has 0 aliphatic rings. The van der Waals surface area contributed by atoms with Gasteiger partial charge in [0.15, 0.2) is 0 Å². The van der Waals surface area contributed by atoms with Crippen molar-refractivity contribution >= 4 is 59.9 Å². The lowest BCUT2D eigenvalue weighted by atomic mass is 10.00. The highest BCUT2D eigenvalue weighted by Crippen LogP contribution is 2.42. The molecular weight excluding hydrogens is 558 g/mol. The lowest BCUT2D eigenvalue weighted by Gasteiger charge is -2.14. The molecule has 0 atom stereocenters. The first-order valence-electron chi connectivity index (χ1n) is 15.7. The lowest BCUT2D eigenvalue weighted by molar-refractivity contribution is 1.08.